The number of nitrogens with zero attached hydrogens (tertiary/aromatic N) is 1. The van der Waals surface area contributed by atoms with Gasteiger partial charge in [-0.25, -0.2) is 0 Å². The first-order valence-corrected chi connectivity index (χ1v) is 8.67. The molecule has 0 radical (unpaired) electrons. The van der Waals surface area contributed by atoms with Crippen LogP contribution in [-0.4, -0.2) is 31.0 Å². The molecule has 0 aliphatic rings. The molecule has 0 saturated heterocycles. The van der Waals surface area contributed by atoms with Crippen LogP contribution >= 0.6 is 0 Å². The molecular weight excluding hydrogens is 312 g/mol. The van der Waals surface area contributed by atoms with Crippen LogP contribution in [0.3, 0.4) is 0 Å². The van der Waals surface area contributed by atoms with Gasteiger partial charge >= 0.3 is 0 Å². The van der Waals surface area contributed by atoms with Gasteiger partial charge in [0.05, 0.1) is 13.2 Å². The molecule has 0 aromatic heterocycles. The second kappa shape index (κ2) is 8.67. The zero-order valence-electron chi connectivity index (χ0n) is 15.8. The molecule has 0 heterocycles. The summed E-state index contributed by atoms with van der Waals surface area (Å²) in [6, 6.07) is 12.1. The molecule has 2 aromatic rings. The average Bonchev–Trinajstić information content (AvgIpc) is 2.53. The lowest BCUT2D eigenvalue weighted by molar-refractivity contribution is -0.117. The summed E-state index contributed by atoms with van der Waals surface area (Å²) < 4.78 is 5.65. The number of aryl methyl sites for hydroxylation is 3. The fourth-order valence-corrected chi connectivity index (χ4v) is 3.08. The zero-order chi connectivity index (χ0) is 18.4. The number of para-hydroxylation sites is 1. The summed E-state index contributed by atoms with van der Waals surface area (Å²) in [4.78, 5) is 14.4. The van der Waals surface area contributed by atoms with Gasteiger partial charge in [0.1, 0.15) is 5.75 Å². The van der Waals surface area contributed by atoms with Crippen LogP contribution in [0.25, 0.3) is 0 Å². The van der Waals surface area contributed by atoms with Crippen LogP contribution in [0, 0.1) is 20.8 Å². The molecule has 1 N–H and O–H groups in total. The average molecular weight is 340 g/mol. The lowest BCUT2D eigenvalue weighted by Gasteiger charge is -2.19. The number of carbonyl (C=O) groups excluding carboxylic acids is 1. The van der Waals surface area contributed by atoms with Crippen molar-refractivity contribution in [2.24, 2.45) is 0 Å². The molecule has 25 heavy (non-hydrogen) atoms. The maximum absolute atomic E-state index is 12.4. The topological polar surface area (TPSA) is 41.6 Å². The molecule has 2 aromatic carbocycles. The first kappa shape index (κ1) is 19.0. The molecule has 1 amide bonds. The van der Waals surface area contributed by atoms with Gasteiger partial charge in [-0.3, -0.25) is 9.69 Å². The van der Waals surface area contributed by atoms with E-state index < -0.39 is 0 Å². The smallest absolute Gasteiger partial charge is 0.238 e. The minimum atomic E-state index is -0.00792. The van der Waals surface area contributed by atoms with Gasteiger partial charge in [-0.05, 0) is 51.9 Å². The van der Waals surface area contributed by atoms with Crippen molar-refractivity contribution >= 4 is 11.6 Å². The minimum Gasteiger partial charge on any atom is -0.494 e. The molecule has 4 heteroatoms. The lowest BCUT2D eigenvalue weighted by Crippen LogP contribution is -2.30. The Hall–Kier alpha value is -2.33. The predicted octanol–water partition coefficient (Wildman–Crippen LogP) is 4.08. The van der Waals surface area contributed by atoms with Gasteiger partial charge in [0.15, 0.2) is 0 Å². The van der Waals surface area contributed by atoms with Crippen LogP contribution in [0.2, 0.25) is 0 Å². The Morgan fingerprint density at radius 1 is 1.12 bits per heavy atom. The quantitative estimate of drug-likeness (QED) is 0.826. The molecule has 0 bridgehead atoms. The van der Waals surface area contributed by atoms with Crippen molar-refractivity contribution in [1.29, 1.82) is 0 Å². The normalized spacial score (nSPS) is 10.8. The van der Waals surface area contributed by atoms with Gasteiger partial charge in [-0.2, -0.15) is 0 Å². The van der Waals surface area contributed by atoms with Gasteiger partial charge in [0, 0.05) is 17.8 Å². The third-order valence-corrected chi connectivity index (χ3v) is 4.07. The van der Waals surface area contributed by atoms with E-state index in [0.717, 1.165) is 28.1 Å². The first-order valence-electron chi connectivity index (χ1n) is 8.67. The highest BCUT2D eigenvalue weighted by Gasteiger charge is 2.12. The number of rotatable bonds is 7. The fraction of sp³-hybridized carbons (Fsp3) is 0.381. The molecule has 0 aliphatic carbocycles. The molecule has 4 nitrogen and oxygen atoms in total. The number of anilines is 1. The number of nitrogens with one attached hydrogen (secondary N) is 1. The molecule has 0 unspecified atom stereocenters. The van der Waals surface area contributed by atoms with Gasteiger partial charge in [-0.15, -0.1) is 0 Å². The molecular formula is C21H28N2O2. The number of likely N-dealkylation sites (N-methyl/N-ethyl adjacent to an activating group) is 1. The van der Waals surface area contributed by atoms with Crippen molar-refractivity contribution in [2.45, 2.75) is 34.2 Å². The van der Waals surface area contributed by atoms with Gasteiger partial charge in [0.25, 0.3) is 0 Å². The Labute approximate surface area is 150 Å². The highest BCUT2D eigenvalue weighted by molar-refractivity contribution is 5.93. The van der Waals surface area contributed by atoms with Crippen molar-refractivity contribution in [3.63, 3.8) is 0 Å². The van der Waals surface area contributed by atoms with E-state index >= 15 is 0 Å². The monoisotopic (exact) mass is 340 g/mol. The van der Waals surface area contributed by atoms with Crippen LogP contribution in [0.4, 0.5) is 5.69 Å². The van der Waals surface area contributed by atoms with Crippen LogP contribution in [0.1, 0.15) is 29.2 Å². The van der Waals surface area contributed by atoms with Gasteiger partial charge in [0.2, 0.25) is 5.91 Å². The number of ether oxygens (including phenoxy) is 1. The third kappa shape index (κ3) is 5.33. The second-order valence-electron chi connectivity index (χ2n) is 6.53. The van der Waals surface area contributed by atoms with E-state index in [2.05, 4.69) is 24.4 Å². The highest BCUT2D eigenvalue weighted by Crippen LogP contribution is 2.22. The Morgan fingerprint density at radius 2 is 1.76 bits per heavy atom. The summed E-state index contributed by atoms with van der Waals surface area (Å²) in [5.74, 6) is 0.869. The molecule has 134 valence electrons. The number of carbonyl (C=O) groups is 1. The van der Waals surface area contributed by atoms with E-state index in [0.29, 0.717) is 19.7 Å². The van der Waals surface area contributed by atoms with Crippen molar-refractivity contribution < 1.29 is 9.53 Å². The van der Waals surface area contributed by atoms with Crippen LogP contribution in [0.5, 0.6) is 5.75 Å². The molecule has 2 rings (SSSR count). The maximum atomic E-state index is 12.4. The second-order valence-corrected chi connectivity index (χ2v) is 6.53. The molecule has 0 spiro atoms. The molecule has 0 atom stereocenters. The van der Waals surface area contributed by atoms with E-state index in [-0.39, 0.29) is 5.91 Å². The summed E-state index contributed by atoms with van der Waals surface area (Å²) in [5.41, 5.74) is 5.39. The van der Waals surface area contributed by atoms with Crippen molar-refractivity contribution in [3.8, 4) is 5.75 Å². The fourth-order valence-electron chi connectivity index (χ4n) is 3.08. The van der Waals surface area contributed by atoms with Gasteiger partial charge in [-0.1, -0.05) is 35.9 Å². The number of hydrogen-bond donors (Lipinski definition) is 1. The summed E-state index contributed by atoms with van der Waals surface area (Å²) in [6.07, 6.45) is 0. The lowest BCUT2D eigenvalue weighted by atomic mass is 10.1. The predicted molar refractivity (Wildman–Crippen MR) is 103 cm³/mol. The van der Waals surface area contributed by atoms with Crippen LogP contribution in [0.15, 0.2) is 36.4 Å². The van der Waals surface area contributed by atoms with E-state index in [1.807, 2.05) is 57.0 Å². The summed E-state index contributed by atoms with van der Waals surface area (Å²) in [5, 5.41) is 3.05. The van der Waals surface area contributed by atoms with Crippen molar-refractivity contribution in [3.05, 3.63) is 58.7 Å². The molecule has 0 saturated carbocycles. The highest BCUT2D eigenvalue weighted by atomic mass is 16.5. The van der Waals surface area contributed by atoms with E-state index in [1.165, 1.54) is 5.56 Å². The number of hydrogen-bond acceptors (Lipinski definition) is 3. The minimum absolute atomic E-state index is 0.00792. The number of amides is 1. The first-order chi connectivity index (χ1) is 11.9. The van der Waals surface area contributed by atoms with Crippen LogP contribution < -0.4 is 10.1 Å². The van der Waals surface area contributed by atoms with Crippen molar-refractivity contribution in [1.82, 2.24) is 4.90 Å². The standard InChI is InChI=1S/C21H28N2O2/c1-6-25-19-10-8-7-9-18(19)13-23(5)14-20(24)22-21-16(3)11-15(2)12-17(21)4/h7-12H,6,13-14H2,1-5H3,(H,22,24). The maximum Gasteiger partial charge on any atom is 0.238 e. The molecule has 0 fully saturated rings. The van der Waals surface area contributed by atoms with E-state index in [4.69, 9.17) is 4.74 Å². The Balaban J connectivity index is 1.99. The van der Waals surface area contributed by atoms with E-state index in [9.17, 15) is 4.79 Å². The largest absolute Gasteiger partial charge is 0.494 e. The molecule has 0 aliphatic heterocycles. The Bertz CT molecular complexity index is 717. The summed E-state index contributed by atoms with van der Waals surface area (Å²) in [6.45, 7) is 9.71. The van der Waals surface area contributed by atoms with Crippen LogP contribution in [-0.2, 0) is 11.3 Å². The summed E-state index contributed by atoms with van der Waals surface area (Å²) >= 11 is 0. The third-order valence-electron chi connectivity index (χ3n) is 4.07. The zero-order valence-corrected chi connectivity index (χ0v) is 15.8. The SMILES string of the molecule is CCOc1ccccc1CN(C)CC(=O)Nc1c(C)cc(C)cc1C. The Kier molecular flexibility index (Phi) is 6.59. The van der Waals surface area contributed by atoms with Gasteiger partial charge < -0.3 is 10.1 Å². The summed E-state index contributed by atoms with van der Waals surface area (Å²) in [7, 11) is 1.94. The van der Waals surface area contributed by atoms with E-state index in [1.54, 1.807) is 0 Å². The number of benzene rings is 2. The Morgan fingerprint density at radius 3 is 2.40 bits per heavy atom. The van der Waals surface area contributed by atoms with Crippen molar-refractivity contribution in [2.75, 3.05) is 25.5 Å².